The van der Waals surface area contributed by atoms with Gasteiger partial charge in [0.05, 0.1) is 0 Å². The van der Waals surface area contributed by atoms with Gasteiger partial charge in [0, 0.05) is 36.5 Å². The minimum Gasteiger partial charge on any atom is -0.481 e. The molecule has 1 aliphatic rings. The Labute approximate surface area is 163 Å². The fraction of sp³-hybridized carbons (Fsp3) is 0.333. The predicted molar refractivity (Wildman–Crippen MR) is 105 cm³/mol. The van der Waals surface area contributed by atoms with Crippen molar-refractivity contribution in [1.82, 2.24) is 10.2 Å². The number of aliphatic carboxylic acids is 1. The van der Waals surface area contributed by atoms with Crippen molar-refractivity contribution in [2.24, 2.45) is 0 Å². The fourth-order valence-electron chi connectivity index (χ4n) is 3.28. The number of hydrogen-bond acceptors (Lipinski definition) is 2. The summed E-state index contributed by atoms with van der Waals surface area (Å²) < 4.78 is 0. The lowest BCUT2D eigenvalue weighted by Gasteiger charge is -2.40. The van der Waals surface area contributed by atoms with Crippen LogP contribution >= 0.6 is 11.6 Å². The van der Waals surface area contributed by atoms with Gasteiger partial charge in [0.25, 0.3) is 0 Å². The number of benzene rings is 2. The summed E-state index contributed by atoms with van der Waals surface area (Å²) in [6, 6.07) is 17.2. The van der Waals surface area contributed by atoms with Gasteiger partial charge in [-0.25, -0.2) is 4.79 Å². The summed E-state index contributed by atoms with van der Waals surface area (Å²) in [6.45, 7) is 1.31. The van der Waals surface area contributed by atoms with E-state index < -0.39 is 5.97 Å². The molecule has 0 radical (unpaired) electrons. The summed E-state index contributed by atoms with van der Waals surface area (Å²) in [4.78, 5) is 25.2. The lowest BCUT2D eigenvalue weighted by atomic mass is 9.92. The third kappa shape index (κ3) is 5.47. The zero-order chi connectivity index (χ0) is 19.2. The molecule has 0 saturated carbocycles. The first kappa shape index (κ1) is 19.2. The molecule has 142 valence electrons. The molecule has 0 aromatic heterocycles. The number of urea groups is 1. The van der Waals surface area contributed by atoms with Crippen LogP contribution in [0.1, 0.15) is 29.9 Å². The summed E-state index contributed by atoms with van der Waals surface area (Å²) >= 11 is 5.92. The molecule has 2 aromatic carbocycles. The van der Waals surface area contributed by atoms with Crippen molar-refractivity contribution in [3.05, 3.63) is 70.7 Å². The van der Waals surface area contributed by atoms with E-state index in [0.717, 1.165) is 5.56 Å². The van der Waals surface area contributed by atoms with Gasteiger partial charge in [-0.3, -0.25) is 4.79 Å². The first-order valence-corrected chi connectivity index (χ1v) is 9.45. The molecule has 1 fully saturated rings. The Balaban J connectivity index is 1.54. The van der Waals surface area contributed by atoms with Crippen LogP contribution in [0, 0.1) is 0 Å². The molecule has 2 amide bonds. The second kappa shape index (κ2) is 8.91. The van der Waals surface area contributed by atoms with Crippen molar-refractivity contribution in [2.75, 3.05) is 13.1 Å². The van der Waals surface area contributed by atoms with Gasteiger partial charge < -0.3 is 15.3 Å². The highest BCUT2D eigenvalue weighted by molar-refractivity contribution is 6.30. The van der Waals surface area contributed by atoms with Crippen LogP contribution in [-0.2, 0) is 11.2 Å². The van der Waals surface area contributed by atoms with Gasteiger partial charge >= 0.3 is 12.0 Å². The van der Waals surface area contributed by atoms with Crippen LogP contribution in [0.4, 0.5) is 4.79 Å². The minimum atomic E-state index is -0.853. The number of carbonyl (C=O) groups is 2. The molecule has 27 heavy (non-hydrogen) atoms. The van der Waals surface area contributed by atoms with Crippen LogP contribution in [-0.4, -0.2) is 41.1 Å². The SMILES string of the molecule is O=C(O)CCC(Cc1ccccc1)NC(=O)N1CC(c2ccc(Cl)cc2)C1. The molecule has 0 spiro atoms. The third-order valence-corrected chi connectivity index (χ3v) is 5.12. The Hall–Kier alpha value is -2.53. The van der Waals surface area contributed by atoms with Gasteiger partial charge in [-0.15, -0.1) is 0 Å². The Morgan fingerprint density at radius 1 is 1.11 bits per heavy atom. The van der Waals surface area contributed by atoms with Crippen LogP contribution < -0.4 is 5.32 Å². The number of nitrogens with zero attached hydrogens (tertiary/aromatic N) is 1. The predicted octanol–water partition coefficient (Wildman–Crippen LogP) is 3.92. The van der Waals surface area contributed by atoms with Gasteiger partial charge in [-0.05, 0) is 36.1 Å². The van der Waals surface area contributed by atoms with Gasteiger partial charge in [0.2, 0.25) is 0 Å². The van der Waals surface area contributed by atoms with Gasteiger partial charge in [-0.2, -0.15) is 0 Å². The molecule has 5 nitrogen and oxygen atoms in total. The molecule has 1 atom stereocenters. The van der Waals surface area contributed by atoms with E-state index in [1.165, 1.54) is 5.56 Å². The van der Waals surface area contributed by atoms with Crippen molar-refractivity contribution in [1.29, 1.82) is 0 Å². The maximum Gasteiger partial charge on any atom is 0.317 e. The molecule has 1 saturated heterocycles. The summed E-state index contributed by atoms with van der Waals surface area (Å²) in [5.74, 6) is -0.534. The van der Waals surface area contributed by atoms with E-state index in [9.17, 15) is 9.59 Å². The third-order valence-electron chi connectivity index (χ3n) is 4.87. The average Bonchev–Trinajstić information content (AvgIpc) is 2.61. The van der Waals surface area contributed by atoms with E-state index >= 15 is 0 Å². The van der Waals surface area contributed by atoms with Crippen LogP contribution in [0.5, 0.6) is 0 Å². The molecule has 6 heteroatoms. The van der Waals surface area contributed by atoms with Gasteiger partial charge in [0.1, 0.15) is 0 Å². The zero-order valence-electron chi connectivity index (χ0n) is 15.0. The highest BCUT2D eigenvalue weighted by Crippen LogP contribution is 2.28. The summed E-state index contributed by atoms with van der Waals surface area (Å²) in [6.07, 6.45) is 1.06. The zero-order valence-corrected chi connectivity index (χ0v) is 15.7. The van der Waals surface area contributed by atoms with Crippen LogP contribution in [0.3, 0.4) is 0 Å². The van der Waals surface area contributed by atoms with Crippen molar-refractivity contribution >= 4 is 23.6 Å². The van der Waals surface area contributed by atoms with Crippen molar-refractivity contribution < 1.29 is 14.7 Å². The Bertz CT molecular complexity index is 774. The van der Waals surface area contributed by atoms with Crippen LogP contribution in [0.15, 0.2) is 54.6 Å². The summed E-state index contributed by atoms with van der Waals surface area (Å²) in [7, 11) is 0. The van der Waals surface area contributed by atoms with E-state index in [0.29, 0.717) is 36.9 Å². The number of amides is 2. The maximum absolute atomic E-state index is 12.5. The van der Waals surface area contributed by atoms with E-state index in [1.807, 2.05) is 54.6 Å². The molecule has 2 aromatic rings. The number of carbonyl (C=O) groups excluding carboxylic acids is 1. The molecule has 2 N–H and O–H groups in total. The Morgan fingerprint density at radius 3 is 2.41 bits per heavy atom. The summed E-state index contributed by atoms with van der Waals surface area (Å²) in [5.41, 5.74) is 2.26. The normalized spacial score (nSPS) is 15.1. The van der Waals surface area contributed by atoms with Crippen LogP contribution in [0.25, 0.3) is 0 Å². The molecular weight excluding hydrogens is 364 g/mol. The number of halogens is 1. The number of carboxylic acid groups (broad SMARTS) is 1. The fourth-order valence-corrected chi connectivity index (χ4v) is 3.40. The number of carboxylic acids is 1. The highest BCUT2D eigenvalue weighted by Gasteiger charge is 2.32. The topological polar surface area (TPSA) is 69.6 Å². The van der Waals surface area contributed by atoms with E-state index in [-0.39, 0.29) is 18.5 Å². The van der Waals surface area contributed by atoms with E-state index in [2.05, 4.69) is 5.32 Å². The van der Waals surface area contributed by atoms with E-state index in [1.54, 1.807) is 4.90 Å². The first-order valence-electron chi connectivity index (χ1n) is 9.08. The quantitative estimate of drug-likeness (QED) is 0.757. The molecule has 3 rings (SSSR count). The first-order chi connectivity index (χ1) is 13.0. The number of hydrogen-bond donors (Lipinski definition) is 2. The lowest BCUT2D eigenvalue weighted by Crippen LogP contribution is -2.54. The van der Waals surface area contributed by atoms with Gasteiger partial charge in [-0.1, -0.05) is 54.1 Å². The number of likely N-dealkylation sites (tertiary alicyclic amines) is 1. The molecular formula is C21H23ClN2O3. The number of rotatable bonds is 7. The lowest BCUT2D eigenvalue weighted by molar-refractivity contribution is -0.137. The van der Waals surface area contributed by atoms with Crippen molar-refractivity contribution in [2.45, 2.75) is 31.2 Å². The summed E-state index contributed by atoms with van der Waals surface area (Å²) in [5, 5.41) is 12.7. The van der Waals surface area contributed by atoms with Crippen LogP contribution in [0.2, 0.25) is 5.02 Å². The molecule has 1 heterocycles. The average molecular weight is 387 g/mol. The van der Waals surface area contributed by atoms with Gasteiger partial charge in [0.15, 0.2) is 0 Å². The molecule has 0 aliphatic carbocycles. The van der Waals surface area contributed by atoms with Crippen molar-refractivity contribution in [3.63, 3.8) is 0 Å². The maximum atomic E-state index is 12.5. The molecule has 0 bridgehead atoms. The highest BCUT2D eigenvalue weighted by atomic mass is 35.5. The second-order valence-corrected chi connectivity index (χ2v) is 7.36. The standard InChI is InChI=1S/C21H23ClN2O3/c22-18-8-6-16(7-9-18)17-13-24(14-17)21(27)23-19(10-11-20(25)26)12-15-4-2-1-3-5-15/h1-9,17,19H,10-14H2,(H,23,27)(H,25,26). The number of nitrogens with one attached hydrogen (secondary N) is 1. The molecule has 1 aliphatic heterocycles. The Kier molecular flexibility index (Phi) is 6.35. The van der Waals surface area contributed by atoms with E-state index in [4.69, 9.17) is 16.7 Å². The minimum absolute atomic E-state index is 0.0329. The second-order valence-electron chi connectivity index (χ2n) is 6.92. The largest absolute Gasteiger partial charge is 0.481 e. The smallest absolute Gasteiger partial charge is 0.317 e. The monoisotopic (exact) mass is 386 g/mol. The Morgan fingerprint density at radius 2 is 1.78 bits per heavy atom. The van der Waals surface area contributed by atoms with Crippen molar-refractivity contribution in [3.8, 4) is 0 Å². The molecule has 1 unspecified atom stereocenters.